The Kier molecular flexibility index (Phi) is 54.7. The number of carbonyl (C=O) groups is 3. The lowest BCUT2D eigenvalue weighted by Gasteiger charge is -2.18. The van der Waals surface area contributed by atoms with Crippen molar-refractivity contribution in [1.82, 2.24) is 0 Å². The topological polar surface area (TPSA) is 78.9 Å². The zero-order chi connectivity index (χ0) is 48.6. The summed E-state index contributed by atoms with van der Waals surface area (Å²) in [7, 11) is 0. The standard InChI is InChI=1S/C61H114O6/c1-4-7-10-13-16-19-22-23-24-25-26-27-28-29-30-31-32-33-34-35-36-37-38-39-40-43-45-48-51-54-60(63)66-57-58(67-61(64)55-52-49-46-42-21-18-15-12-9-6-3)56-65-59(62)53-50-47-44-41-20-17-14-11-8-5-2/h12,15,25-26,58H,4-11,13-14,16-24,27-57H2,1-3H3/b15-12-,26-25-. The minimum absolute atomic E-state index is 0.0700. The molecule has 0 spiro atoms. The predicted octanol–water partition coefficient (Wildman–Crippen LogP) is 19.9. The van der Waals surface area contributed by atoms with Crippen LogP contribution in [0.15, 0.2) is 24.3 Å². The number of allylic oxidation sites excluding steroid dienone is 4. The molecule has 0 aliphatic carbocycles. The van der Waals surface area contributed by atoms with E-state index in [1.807, 2.05) is 0 Å². The normalized spacial score (nSPS) is 12.1. The Labute approximate surface area is 417 Å². The SMILES string of the molecule is CCC/C=C\CCCCCCCC(=O)OC(COC(=O)CCCCCCCCCCCC)COC(=O)CCCCCCCCCCCCCCCCCCC/C=C\CCCCCCCCCC. The average molecular weight is 944 g/mol. The molecule has 394 valence electrons. The highest BCUT2D eigenvalue weighted by Crippen LogP contribution is 2.17. The summed E-state index contributed by atoms with van der Waals surface area (Å²) >= 11 is 0. The van der Waals surface area contributed by atoms with Gasteiger partial charge in [-0.1, -0.05) is 270 Å². The van der Waals surface area contributed by atoms with Crippen LogP contribution in [-0.2, 0) is 28.6 Å². The third kappa shape index (κ3) is 54.7. The van der Waals surface area contributed by atoms with E-state index in [-0.39, 0.29) is 31.1 Å². The molecule has 0 heterocycles. The number of rotatable bonds is 55. The molecular weight excluding hydrogens is 829 g/mol. The largest absolute Gasteiger partial charge is 0.462 e. The second kappa shape index (κ2) is 56.5. The molecule has 6 nitrogen and oxygen atoms in total. The molecule has 6 heteroatoms. The first-order valence-corrected chi connectivity index (χ1v) is 29.8. The molecule has 0 aromatic rings. The molecule has 0 radical (unpaired) electrons. The zero-order valence-corrected chi connectivity index (χ0v) is 45.2. The van der Waals surface area contributed by atoms with Crippen LogP contribution in [0.1, 0.15) is 329 Å². The molecule has 0 N–H and O–H groups in total. The molecule has 67 heavy (non-hydrogen) atoms. The Hall–Kier alpha value is -2.11. The predicted molar refractivity (Wildman–Crippen MR) is 289 cm³/mol. The van der Waals surface area contributed by atoms with Gasteiger partial charge in [-0.05, 0) is 64.2 Å². The Morgan fingerprint density at radius 3 is 0.806 bits per heavy atom. The minimum atomic E-state index is -0.769. The van der Waals surface area contributed by atoms with Gasteiger partial charge in [-0.3, -0.25) is 14.4 Å². The first-order valence-electron chi connectivity index (χ1n) is 29.8. The molecule has 0 aromatic heterocycles. The molecule has 0 fully saturated rings. The lowest BCUT2D eigenvalue weighted by atomic mass is 10.0. The van der Waals surface area contributed by atoms with Crippen molar-refractivity contribution in [2.24, 2.45) is 0 Å². The van der Waals surface area contributed by atoms with Crippen molar-refractivity contribution in [1.29, 1.82) is 0 Å². The summed E-state index contributed by atoms with van der Waals surface area (Å²) in [6.45, 7) is 6.60. The van der Waals surface area contributed by atoms with Crippen LogP contribution in [0.4, 0.5) is 0 Å². The van der Waals surface area contributed by atoms with E-state index < -0.39 is 6.10 Å². The molecule has 0 saturated heterocycles. The van der Waals surface area contributed by atoms with Crippen molar-refractivity contribution in [3.05, 3.63) is 24.3 Å². The summed E-state index contributed by atoms with van der Waals surface area (Å²) in [5.74, 6) is -0.866. The number of ether oxygens (including phenoxy) is 3. The van der Waals surface area contributed by atoms with Gasteiger partial charge < -0.3 is 14.2 Å². The Bertz CT molecular complexity index is 1080. The Morgan fingerprint density at radius 1 is 0.284 bits per heavy atom. The molecule has 1 atom stereocenters. The van der Waals surface area contributed by atoms with Crippen molar-refractivity contribution in [2.45, 2.75) is 335 Å². The van der Waals surface area contributed by atoms with Crippen molar-refractivity contribution in [3.8, 4) is 0 Å². The molecule has 0 aliphatic rings. The van der Waals surface area contributed by atoms with Crippen LogP contribution in [0, 0.1) is 0 Å². The second-order valence-corrected chi connectivity index (χ2v) is 20.3. The van der Waals surface area contributed by atoms with Crippen LogP contribution in [0.3, 0.4) is 0 Å². The molecule has 0 aromatic carbocycles. The van der Waals surface area contributed by atoms with E-state index in [9.17, 15) is 14.4 Å². The second-order valence-electron chi connectivity index (χ2n) is 20.3. The van der Waals surface area contributed by atoms with Crippen LogP contribution < -0.4 is 0 Å². The maximum Gasteiger partial charge on any atom is 0.306 e. The van der Waals surface area contributed by atoms with E-state index >= 15 is 0 Å². The van der Waals surface area contributed by atoms with E-state index in [1.54, 1.807) is 0 Å². The fourth-order valence-electron chi connectivity index (χ4n) is 8.91. The number of esters is 3. The van der Waals surface area contributed by atoms with Crippen molar-refractivity contribution >= 4 is 17.9 Å². The molecule has 0 saturated carbocycles. The molecule has 0 rings (SSSR count). The van der Waals surface area contributed by atoms with Gasteiger partial charge in [-0.15, -0.1) is 0 Å². The van der Waals surface area contributed by atoms with Crippen molar-refractivity contribution in [3.63, 3.8) is 0 Å². The van der Waals surface area contributed by atoms with Crippen LogP contribution in [-0.4, -0.2) is 37.2 Å². The highest BCUT2D eigenvalue weighted by atomic mass is 16.6. The van der Waals surface area contributed by atoms with Gasteiger partial charge in [0.25, 0.3) is 0 Å². The van der Waals surface area contributed by atoms with E-state index in [2.05, 4.69) is 45.1 Å². The fraction of sp³-hybridized carbons (Fsp3) is 0.885. The van der Waals surface area contributed by atoms with Gasteiger partial charge in [0.05, 0.1) is 0 Å². The monoisotopic (exact) mass is 943 g/mol. The van der Waals surface area contributed by atoms with Gasteiger partial charge in [0, 0.05) is 19.3 Å². The minimum Gasteiger partial charge on any atom is -0.462 e. The molecule has 0 aliphatic heterocycles. The Morgan fingerprint density at radius 2 is 0.522 bits per heavy atom. The number of unbranched alkanes of at least 4 members (excludes halogenated alkanes) is 40. The van der Waals surface area contributed by atoms with Gasteiger partial charge in [0.1, 0.15) is 13.2 Å². The summed E-state index contributed by atoms with van der Waals surface area (Å²) in [5.41, 5.74) is 0. The summed E-state index contributed by atoms with van der Waals surface area (Å²) in [5, 5.41) is 0. The summed E-state index contributed by atoms with van der Waals surface area (Å²) in [6.07, 6.45) is 66.4. The zero-order valence-electron chi connectivity index (χ0n) is 45.2. The van der Waals surface area contributed by atoms with Gasteiger partial charge >= 0.3 is 17.9 Å². The van der Waals surface area contributed by atoms with Crippen LogP contribution in [0.5, 0.6) is 0 Å². The van der Waals surface area contributed by atoms with Gasteiger partial charge in [-0.25, -0.2) is 0 Å². The number of carbonyl (C=O) groups excluding carboxylic acids is 3. The summed E-state index contributed by atoms with van der Waals surface area (Å²) in [6, 6.07) is 0. The third-order valence-corrected chi connectivity index (χ3v) is 13.4. The first-order chi connectivity index (χ1) is 33.0. The van der Waals surface area contributed by atoms with E-state index in [0.717, 1.165) is 77.0 Å². The molecule has 0 bridgehead atoms. The smallest absolute Gasteiger partial charge is 0.306 e. The van der Waals surface area contributed by atoms with E-state index in [4.69, 9.17) is 14.2 Å². The highest BCUT2D eigenvalue weighted by molar-refractivity contribution is 5.71. The van der Waals surface area contributed by atoms with Crippen molar-refractivity contribution in [2.75, 3.05) is 13.2 Å². The van der Waals surface area contributed by atoms with Crippen molar-refractivity contribution < 1.29 is 28.6 Å². The molecular formula is C61H114O6. The van der Waals surface area contributed by atoms with Gasteiger partial charge in [-0.2, -0.15) is 0 Å². The van der Waals surface area contributed by atoms with Gasteiger partial charge in [0.2, 0.25) is 0 Å². The summed E-state index contributed by atoms with van der Waals surface area (Å²) < 4.78 is 16.8. The Balaban J connectivity index is 4.01. The van der Waals surface area contributed by atoms with Crippen LogP contribution >= 0.6 is 0 Å². The quantitative estimate of drug-likeness (QED) is 0.0262. The molecule has 0 amide bonds. The first kappa shape index (κ1) is 64.9. The van der Waals surface area contributed by atoms with Crippen LogP contribution in [0.2, 0.25) is 0 Å². The average Bonchev–Trinajstić information content (AvgIpc) is 3.33. The van der Waals surface area contributed by atoms with E-state index in [0.29, 0.717) is 19.3 Å². The summed E-state index contributed by atoms with van der Waals surface area (Å²) in [4.78, 5) is 37.9. The van der Waals surface area contributed by atoms with E-state index in [1.165, 1.54) is 212 Å². The third-order valence-electron chi connectivity index (χ3n) is 13.4. The van der Waals surface area contributed by atoms with Crippen LogP contribution in [0.25, 0.3) is 0 Å². The molecule has 1 unspecified atom stereocenters. The van der Waals surface area contributed by atoms with Gasteiger partial charge in [0.15, 0.2) is 6.10 Å². The lowest BCUT2D eigenvalue weighted by Crippen LogP contribution is -2.30. The lowest BCUT2D eigenvalue weighted by molar-refractivity contribution is -0.167. The fourth-order valence-corrected chi connectivity index (χ4v) is 8.91. The number of hydrogen-bond donors (Lipinski definition) is 0. The maximum absolute atomic E-state index is 12.7. The maximum atomic E-state index is 12.7. The number of hydrogen-bond acceptors (Lipinski definition) is 6. The highest BCUT2D eigenvalue weighted by Gasteiger charge is 2.19.